The van der Waals surface area contributed by atoms with Crippen LogP contribution in [0.4, 0.5) is 0 Å². The minimum absolute atomic E-state index is 0. The molecule has 0 aliphatic carbocycles. The summed E-state index contributed by atoms with van der Waals surface area (Å²) in [7, 11) is -2.74. The van der Waals surface area contributed by atoms with Gasteiger partial charge in [-0.15, -0.1) is 0 Å². The van der Waals surface area contributed by atoms with Crippen LogP contribution in [0.15, 0.2) is 0 Å². The molecule has 0 amide bonds. The number of rotatable bonds is 2. The predicted molar refractivity (Wildman–Crippen MR) is 52.4 cm³/mol. The van der Waals surface area contributed by atoms with E-state index in [0.717, 1.165) is 13.8 Å². The summed E-state index contributed by atoms with van der Waals surface area (Å²) in [6.07, 6.45) is -0.769. The molecule has 0 aromatic rings. The lowest BCUT2D eigenvalue weighted by Gasteiger charge is -1.71. The highest BCUT2D eigenvalue weighted by atomic mass is 31.1. The maximum Gasteiger partial charge on any atom is 0.327 e. The Morgan fingerprint density at radius 3 is 1.12 bits per heavy atom. The number of aliphatic carboxylic acids is 3. The van der Waals surface area contributed by atoms with Gasteiger partial charge in [0.25, 0.3) is 11.9 Å². The summed E-state index contributed by atoms with van der Waals surface area (Å²) in [5, 5.41) is 22.5. The minimum atomic E-state index is -2.74. The molecule has 0 aromatic carbocycles. The van der Waals surface area contributed by atoms with Crippen molar-refractivity contribution in [1.29, 1.82) is 0 Å². The van der Waals surface area contributed by atoms with Crippen molar-refractivity contribution >= 4 is 25.6 Å². The molecule has 0 saturated heterocycles. The van der Waals surface area contributed by atoms with Gasteiger partial charge in [-0.05, 0) is 0 Å². The molecule has 9 nitrogen and oxygen atoms in total. The average Bonchev–Trinajstić information content (AvgIpc) is 1.78. The molecular weight excluding hydrogens is 245 g/mol. The zero-order valence-electron chi connectivity index (χ0n) is 8.74. The van der Waals surface area contributed by atoms with Gasteiger partial charge in [0.2, 0.25) is 0 Å². The lowest BCUT2D eigenvalue weighted by Crippen LogP contribution is -1.94. The van der Waals surface area contributed by atoms with Crippen molar-refractivity contribution in [3.63, 3.8) is 0 Å². The molecule has 96 valence electrons. The second kappa shape index (κ2) is 15.7. The Balaban J connectivity index is -0.0000000700. The van der Waals surface area contributed by atoms with Crippen LogP contribution >= 0.6 is 7.68 Å². The van der Waals surface area contributed by atoms with Gasteiger partial charge in [0, 0.05) is 13.8 Å². The maximum absolute atomic E-state index is 9.47. The Kier molecular flexibility index (Phi) is 23.4. The van der Waals surface area contributed by atoms with E-state index >= 15 is 0 Å². The summed E-state index contributed by atoms with van der Waals surface area (Å²) in [5.74, 6) is -2.98. The Morgan fingerprint density at radius 1 is 0.938 bits per heavy atom. The van der Waals surface area contributed by atoms with E-state index in [-0.39, 0.29) is 6.15 Å². The van der Waals surface area contributed by atoms with Crippen molar-refractivity contribution in [2.45, 2.75) is 13.8 Å². The molecule has 0 atom stereocenters. The Hall–Kier alpha value is -1.73. The molecule has 0 heterocycles. The number of carbonyl (C=O) groups is 3. The zero-order valence-corrected chi connectivity index (χ0v) is 9.64. The zero-order chi connectivity index (χ0) is 13.0. The summed E-state index contributed by atoms with van der Waals surface area (Å²) in [6, 6.07) is 0. The van der Waals surface area contributed by atoms with Gasteiger partial charge in [-0.3, -0.25) is 14.4 Å². The van der Waals surface area contributed by atoms with E-state index in [0.29, 0.717) is 0 Å². The third-order valence-corrected chi connectivity index (χ3v) is 0.793. The van der Waals surface area contributed by atoms with E-state index in [2.05, 4.69) is 0 Å². The molecular formula is C6H14NO8P. The number of carboxylic acids is 3. The third-order valence-electron chi connectivity index (χ3n) is 0.264. The fourth-order valence-electron chi connectivity index (χ4n) is 0.110. The van der Waals surface area contributed by atoms with E-state index in [9.17, 15) is 13.9 Å². The normalized spacial score (nSPS) is 6.62. The van der Waals surface area contributed by atoms with Gasteiger partial charge < -0.3 is 21.5 Å². The van der Waals surface area contributed by atoms with Crippen molar-refractivity contribution in [1.82, 2.24) is 6.15 Å². The summed E-state index contributed by atoms with van der Waals surface area (Å²) >= 11 is 0. The van der Waals surface area contributed by atoms with Gasteiger partial charge in [-0.1, -0.05) is 0 Å². The topological polar surface area (TPSA) is 181 Å². The lowest BCUT2D eigenvalue weighted by atomic mass is 10.8. The van der Waals surface area contributed by atoms with Crippen LogP contribution in [0.1, 0.15) is 13.8 Å². The van der Waals surface area contributed by atoms with Crippen molar-refractivity contribution < 1.29 is 38.8 Å². The predicted octanol–water partition coefficient (Wildman–Crippen LogP) is 0.588. The third kappa shape index (κ3) is 302. The van der Waals surface area contributed by atoms with Crippen molar-refractivity contribution in [3.8, 4) is 0 Å². The van der Waals surface area contributed by atoms with Crippen LogP contribution in [0, 0.1) is 0 Å². The van der Waals surface area contributed by atoms with Crippen LogP contribution in [0.25, 0.3) is 0 Å². The fourth-order valence-corrected chi connectivity index (χ4v) is 0.331. The van der Waals surface area contributed by atoms with E-state index in [1.165, 1.54) is 0 Å². The van der Waals surface area contributed by atoms with Gasteiger partial charge in [0.15, 0.2) is 6.16 Å². The van der Waals surface area contributed by atoms with Gasteiger partial charge in [-0.25, -0.2) is 9.13 Å². The average molecular weight is 259 g/mol. The molecule has 16 heavy (non-hydrogen) atoms. The Bertz CT molecular complexity index is 256. The van der Waals surface area contributed by atoms with Crippen LogP contribution in [0.2, 0.25) is 0 Å². The number of hydrogen-bond donors (Lipinski definition) is 4. The van der Waals surface area contributed by atoms with Crippen molar-refractivity contribution in [2.24, 2.45) is 0 Å². The Morgan fingerprint density at radius 2 is 1.12 bits per heavy atom. The first-order valence-corrected chi connectivity index (χ1v) is 4.68. The van der Waals surface area contributed by atoms with E-state index < -0.39 is 31.8 Å². The molecule has 0 aromatic heterocycles. The number of hydrogen-bond acceptors (Lipinski definition) is 6. The van der Waals surface area contributed by atoms with Gasteiger partial charge in [0.1, 0.15) is 0 Å². The van der Waals surface area contributed by atoms with Crippen molar-refractivity contribution in [3.05, 3.63) is 0 Å². The monoisotopic (exact) mass is 259 g/mol. The SMILES string of the molecule is CC(=O)O.CC(=O)O.N.O=C(O)CP(=O)=O. The minimum Gasteiger partial charge on any atom is -0.481 e. The highest BCUT2D eigenvalue weighted by Crippen LogP contribution is 1.98. The molecule has 0 bridgehead atoms. The van der Waals surface area contributed by atoms with Gasteiger partial charge in [-0.2, -0.15) is 0 Å². The number of carboxylic acid groups (broad SMARTS) is 3. The van der Waals surface area contributed by atoms with Crippen LogP contribution in [-0.2, 0) is 23.5 Å². The summed E-state index contributed by atoms with van der Waals surface area (Å²) in [5.41, 5.74) is 0. The van der Waals surface area contributed by atoms with Crippen molar-refractivity contribution in [2.75, 3.05) is 6.16 Å². The van der Waals surface area contributed by atoms with E-state index in [4.69, 9.17) is 24.9 Å². The quantitative estimate of drug-likeness (QED) is 0.515. The summed E-state index contributed by atoms with van der Waals surface area (Å²) < 4.78 is 18.9. The molecule has 0 fully saturated rings. The molecule has 0 radical (unpaired) electrons. The van der Waals surface area contributed by atoms with Gasteiger partial charge >= 0.3 is 13.6 Å². The van der Waals surface area contributed by atoms with Crippen LogP contribution < -0.4 is 6.15 Å². The van der Waals surface area contributed by atoms with E-state index in [1.54, 1.807) is 0 Å². The van der Waals surface area contributed by atoms with Crippen LogP contribution in [-0.4, -0.2) is 39.4 Å². The molecule has 0 unspecified atom stereocenters. The Labute approximate surface area is 91.5 Å². The largest absolute Gasteiger partial charge is 0.481 e. The molecule has 6 N–H and O–H groups in total. The first-order chi connectivity index (χ1) is 6.59. The second-order valence-electron chi connectivity index (χ2n) is 1.92. The van der Waals surface area contributed by atoms with E-state index in [1.807, 2.05) is 0 Å². The molecule has 0 spiro atoms. The highest BCUT2D eigenvalue weighted by molar-refractivity contribution is 7.32. The fraction of sp³-hybridized carbons (Fsp3) is 0.500. The molecule has 0 rings (SSSR count). The molecule has 0 saturated carbocycles. The summed E-state index contributed by atoms with van der Waals surface area (Å²) in [4.78, 5) is 27.4. The van der Waals surface area contributed by atoms with Gasteiger partial charge in [0.05, 0.1) is 0 Å². The van der Waals surface area contributed by atoms with Crippen LogP contribution in [0.5, 0.6) is 0 Å². The first-order valence-electron chi connectivity index (χ1n) is 3.32. The smallest absolute Gasteiger partial charge is 0.327 e. The second-order valence-corrected chi connectivity index (χ2v) is 2.90. The first kappa shape index (κ1) is 23.8. The molecule has 0 aliphatic rings. The molecule has 0 aliphatic heterocycles. The summed E-state index contributed by atoms with van der Waals surface area (Å²) in [6.45, 7) is 2.17. The highest BCUT2D eigenvalue weighted by Gasteiger charge is 1.97. The molecule has 10 heteroatoms. The van der Waals surface area contributed by atoms with Crippen LogP contribution in [0.3, 0.4) is 0 Å². The maximum atomic E-state index is 9.47. The standard InChI is InChI=1S/C2H3O4P.2C2H4O2.H3N/c3-2(4)1-7(5)6;2*1-2(3)4;/h1H2,(H,3,4);2*1H3,(H,3,4);1H3. The lowest BCUT2D eigenvalue weighted by molar-refractivity contribution is -0.135.